The summed E-state index contributed by atoms with van der Waals surface area (Å²) in [5.74, 6) is 0. The fraction of sp³-hybridized carbons (Fsp3) is 0.375. The number of rotatable bonds is 2. The number of fused-ring (bicyclic) bond motifs is 1. The van der Waals surface area contributed by atoms with E-state index in [1.165, 1.54) is 30.0 Å². The summed E-state index contributed by atoms with van der Waals surface area (Å²) in [6.07, 6.45) is 3.24. The molecule has 0 radical (unpaired) electrons. The second kappa shape index (κ2) is 5.09. The molecule has 1 heterocycles. The van der Waals surface area contributed by atoms with Gasteiger partial charge in [0.05, 0.1) is 0 Å². The van der Waals surface area contributed by atoms with Crippen molar-refractivity contribution in [2.24, 2.45) is 0 Å². The van der Waals surface area contributed by atoms with E-state index in [1.807, 2.05) is 18.2 Å². The Bertz CT molecular complexity index is 531. The number of likely N-dealkylation sites (tertiary alicyclic amines) is 1. The maximum absolute atomic E-state index is 10.4. The van der Waals surface area contributed by atoms with Gasteiger partial charge < -0.3 is 5.11 Å². The fourth-order valence-electron chi connectivity index (χ4n) is 2.74. The molecular formula is C16H19NO. The molecule has 0 aliphatic carbocycles. The van der Waals surface area contributed by atoms with E-state index >= 15 is 0 Å². The third-order valence-electron chi connectivity index (χ3n) is 3.81. The van der Waals surface area contributed by atoms with Crippen LogP contribution < -0.4 is 0 Å². The van der Waals surface area contributed by atoms with E-state index in [0.717, 1.165) is 18.7 Å². The first-order valence-corrected chi connectivity index (χ1v) is 6.75. The first-order valence-electron chi connectivity index (χ1n) is 6.75. The number of aliphatic hydroxyl groups is 1. The SMILES string of the molecule is OC(c1ccc2ccccc2c1)N1CCCCC1. The van der Waals surface area contributed by atoms with Gasteiger partial charge in [-0.2, -0.15) is 0 Å². The van der Waals surface area contributed by atoms with Crippen molar-refractivity contribution in [3.8, 4) is 0 Å². The maximum Gasteiger partial charge on any atom is 0.133 e. The molecule has 2 aromatic rings. The van der Waals surface area contributed by atoms with Crippen molar-refractivity contribution in [1.29, 1.82) is 0 Å². The highest BCUT2D eigenvalue weighted by molar-refractivity contribution is 5.83. The normalized spacial score (nSPS) is 18.9. The molecule has 0 aromatic heterocycles. The van der Waals surface area contributed by atoms with Gasteiger partial charge in [0.15, 0.2) is 0 Å². The summed E-state index contributed by atoms with van der Waals surface area (Å²) >= 11 is 0. The van der Waals surface area contributed by atoms with Crippen molar-refractivity contribution in [3.05, 3.63) is 48.0 Å². The van der Waals surface area contributed by atoms with Crippen LogP contribution in [0.1, 0.15) is 31.1 Å². The Morgan fingerprint density at radius 1 is 0.889 bits per heavy atom. The highest BCUT2D eigenvalue weighted by Crippen LogP contribution is 2.25. The third kappa shape index (κ3) is 2.26. The maximum atomic E-state index is 10.4. The Labute approximate surface area is 108 Å². The summed E-state index contributed by atoms with van der Waals surface area (Å²) in [5, 5.41) is 12.9. The van der Waals surface area contributed by atoms with Gasteiger partial charge in [-0.25, -0.2) is 0 Å². The molecule has 1 saturated heterocycles. The molecule has 3 rings (SSSR count). The smallest absolute Gasteiger partial charge is 0.133 e. The second-order valence-corrected chi connectivity index (χ2v) is 5.08. The standard InChI is InChI=1S/C16H19NO/c18-16(17-10-4-1-5-11-17)15-9-8-13-6-2-3-7-14(13)12-15/h2-3,6-9,12,16,18H,1,4-5,10-11H2. The van der Waals surface area contributed by atoms with E-state index in [1.54, 1.807) is 0 Å². The van der Waals surface area contributed by atoms with Crippen LogP contribution in [0.2, 0.25) is 0 Å². The summed E-state index contributed by atoms with van der Waals surface area (Å²) in [4.78, 5) is 2.17. The van der Waals surface area contributed by atoms with Gasteiger partial charge in [0.2, 0.25) is 0 Å². The summed E-state index contributed by atoms with van der Waals surface area (Å²) in [5.41, 5.74) is 1.01. The molecule has 0 bridgehead atoms. The zero-order chi connectivity index (χ0) is 12.4. The molecule has 1 N–H and O–H groups in total. The van der Waals surface area contributed by atoms with Crippen LogP contribution in [-0.2, 0) is 0 Å². The lowest BCUT2D eigenvalue weighted by molar-refractivity contribution is -0.00973. The van der Waals surface area contributed by atoms with Crippen molar-refractivity contribution in [2.75, 3.05) is 13.1 Å². The largest absolute Gasteiger partial charge is 0.374 e. The van der Waals surface area contributed by atoms with Gasteiger partial charge in [-0.1, -0.05) is 42.8 Å². The molecule has 1 atom stereocenters. The molecule has 94 valence electrons. The van der Waals surface area contributed by atoms with Crippen molar-refractivity contribution in [1.82, 2.24) is 4.90 Å². The molecule has 18 heavy (non-hydrogen) atoms. The van der Waals surface area contributed by atoms with E-state index in [-0.39, 0.29) is 0 Å². The quantitative estimate of drug-likeness (QED) is 0.872. The van der Waals surface area contributed by atoms with E-state index in [2.05, 4.69) is 29.2 Å². The van der Waals surface area contributed by atoms with E-state index in [9.17, 15) is 5.11 Å². The Kier molecular flexibility index (Phi) is 3.31. The fourth-order valence-corrected chi connectivity index (χ4v) is 2.74. The van der Waals surface area contributed by atoms with Crippen LogP contribution in [0.25, 0.3) is 10.8 Å². The number of piperidine rings is 1. The van der Waals surface area contributed by atoms with Crippen LogP contribution in [0.3, 0.4) is 0 Å². The Morgan fingerprint density at radius 3 is 2.39 bits per heavy atom. The Hall–Kier alpha value is -1.38. The molecule has 1 unspecified atom stereocenters. The highest BCUT2D eigenvalue weighted by Gasteiger charge is 2.19. The average Bonchev–Trinajstić information content (AvgIpc) is 2.47. The molecule has 0 amide bonds. The average molecular weight is 241 g/mol. The monoisotopic (exact) mass is 241 g/mol. The number of benzene rings is 2. The Balaban J connectivity index is 1.88. The summed E-state index contributed by atoms with van der Waals surface area (Å²) in [6, 6.07) is 14.5. The predicted octanol–water partition coefficient (Wildman–Crippen LogP) is 3.32. The molecule has 0 spiro atoms. The van der Waals surface area contributed by atoms with Crippen LogP contribution in [0.15, 0.2) is 42.5 Å². The molecular weight excluding hydrogens is 222 g/mol. The van der Waals surface area contributed by atoms with Gasteiger partial charge in [-0.3, -0.25) is 4.90 Å². The van der Waals surface area contributed by atoms with E-state index < -0.39 is 6.23 Å². The van der Waals surface area contributed by atoms with Gasteiger partial charge in [0.1, 0.15) is 6.23 Å². The van der Waals surface area contributed by atoms with E-state index in [0.29, 0.717) is 0 Å². The zero-order valence-corrected chi connectivity index (χ0v) is 10.5. The van der Waals surface area contributed by atoms with Crippen LogP contribution in [0.5, 0.6) is 0 Å². The minimum Gasteiger partial charge on any atom is -0.374 e. The highest BCUT2D eigenvalue weighted by atomic mass is 16.3. The lowest BCUT2D eigenvalue weighted by Crippen LogP contribution is -2.33. The number of hydrogen-bond acceptors (Lipinski definition) is 2. The van der Waals surface area contributed by atoms with E-state index in [4.69, 9.17) is 0 Å². The first kappa shape index (κ1) is 11.7. The van der Waals surface area contributed by atoms with Crippen molar-refractivity contribution < 1.29 is 5.11 Å². The van der Waals surface area contributed by atoms with Gasteiger partial charge in [-0.15, -0.1) is 0 Å². The van der Waals surface area contributed by atoms with Crippen molar-refractivity contribution in [2.45, 2.75) is 25.5 Å². The number of nitrogens with zero attached hydrogens (tertiary/aromatic N) is 1. The molecule has 1 fully saturated rings. The van der Waals surface area contributed by atoms with Crippen LogP contribution in [-0.4, -0.2) is 23.1 Å². The van der Waals surface area contributed by atoms with Crippen LogP contribution >= 0.6 is 0 Å². The molecule has 1 aliphatic rings. The van der Waals surface area contributed by atoms with Crippen molar-refractivity contribution >= 4 is 10.8 Å². The summed E-state index contributed by atoms with van der Waals surface area (Å²) < 4.78 is 0. The van der Waals surface area contributed by atoms with Crippen molar-refractivity contribution in [3.63, 3.8) is 0 Å². The van der Waals surface area contributed by atoms with Gasteiger partial charge >= 0.3 is 0 Å². The van der Waals surface area contributed by atoms with Gasteiger partial charge in [-0.05, 0) is 35.2 Å². The summed E-state index contributed by atoms with van der Waals surface area (Å²) in [7, 11) is 0. The minimum atomic E-state index is -0.449. The second-order valence-electron chi connectivity index (χ2n) is 5.08. The third-order valence-corrected chi connectivity index (χ3v) is 3.81. The van der Waals surface area contributed by atoms with Gasteiger partial charge in [0.25, 0.3) is 0 Å². The predicted molar refractivity (Wildman–Crippen MR) is 74.3 cm³/mol. The molecule has 2 heteroatoms. The minimum absolute atomic E-state index is 0.449. The topological polar surface area (TPSA) is 23.5 Å². The number of hydrogen-bond donors (Lipinski definition) is 1. The Morgan fingerprint density at radius 2 is 1.61 bits per heavy atom. The van der Waals surface area contributed by atoms with Gasteiger partial charge in [0, 0.05) is 13.1 Å². The lowest BCUT2D eigenvalue weighted by Gasteiger charge is -2.31. The van der Waals surface area contributed by atoms with Crippen LogP contribution in [0.4, 0.5) is 0 Å². The molecule has 1 aliphatic heterocycles. The van der Waals surface area contributed by atoms with Crippen LogP contribution in [0, 0.1) is 0 Å². The molecule has 0 saturated carbocycles. The molecule has 2 aromatic carbocycles. The number of aliphatic hydroxyl groups excluding tert-OH is 1. The summed E-state index contributed by atoms with van der Waals surface area (Å²) in [6.45, 7) is 2.02. The first-order chi connectivity index (χ1) is 8.84. The zero-order valence-electron chi connectivity index (χ0n) is 10.5. The lowest BCUT2D eigenvalue weighted by atomic mass is 10.0. The molecule has 2 nitrogen and oxygen atoms in total.